The molecule has 0 unspecified atom stereocenters. The fourth-order valence-electron chi connectivity index (χ4n) is 2.14. The van der Waals surface area contributed by atoms with Gasteiger partial charge in [0.25, 0.3) is 5.72 Å². The summed E-state index contributed by atoms with van der Waals surface area (Å²) in [5.41, 5.74) is -3.53. The number of rotatable bonds is 0. The fraction of sp³-hybridized carbons (Fsp3) is 0.889. The van der Waals surface area contributed by atoms with Crippen molar-refractivity contribution in [2.45, 2.75) is 43.1 Å². The van der Waals surface area contributed by atoms with Crippen LogP contribution in [0.4, 0.5) is 13.2 Å². The van der Waals surface area contributed by atoms with Crippen molar-refractivity contribution in [3.63, 3.8) is 0 Å². The Labute approximate surface area is 95.5 Å². The number of nitrogens with one attached hydrogen (secondary N) is 1. The Bertz CT molecular complexity index is 327. The average molecular weight is 254 g/mol. The second kappa shape index (κ2) is 3.53. The summed E-state index contributed by atoms with van der Waals surface area (Å²) in [4.78, 5) is 3.38. The number of alkyl halides is 3. The van der Waals surface area contributed by atoms with Crippen molar-refractivity contribution in [3.8, 4) is 0 Å². The van der Waals surface area contributed by atoms with Gasteiger partial charge in [-0.15, -0.1) is 0 Å². The first-order valence-corrected chi connectivity index (χ1v) is 6.24. The van der Waals surface area contributed by atoms with Crippen LogP contribution in [0.5, 0.6) is 0 Å². The molecule has 1 saturated carbocycles. The number of thioether (sulfide) groups is 1. The molecule has 92 valence electrons. The predicted octanol–water partition coefficient (Wildman–Crippen LogP) is 1.87. The lowest BCUT2D eigenvalue weighted by atomic mass is 9.71. The molecule has 0 aromatic rings. The van der Waals surface area contributed by atoms with Crippen LogP contribution in [-0.4, -0.2) is 34.0 Å². The van der Waals surface area contributed by atoms with Gasteiger partial charge >= 0.3 is 6.18 Å². The zero-order valence-electron chi connectivity index (χ0n) is 8.76. The van der Waals surface area contributed by atoms with E-state index in [1.54, 1.807) is 6.26 Å². The van der Waals surface area contributed by atoms with Gasteiger partial charge in [0.1, 0.15) is 0 Å². The van der Waals surface area contributed by atoms with Crippen LogP contribution in [0.2, 0.25) is 0 Å². The van der Waals surface area contributed by atoms with Crippen molar-refractivity contribution < 1.29 is 18.3 Å². The largest absolute Gasteiger partial charge is 0.438 e. The fourth-order valence-corrected chi connectivity index (χ4v) is 2.70. The topological polar surface area (TPSA) is 44.6 Å². The number of aliphatic hydroxyl groups is 1. The summed E-state index contributed by atoms with van der Waals surface area (Å²) >= 11 is 1.09. The van der Waals surface area contributed by atoms with Gasteiger partial charge in [0.05, 0.1) is 0 Å². The normalized spacial score (nSPS) is 32.9. The van der Waals surface area contributed by atoms with Gasteiger partial charge in [-0.1, -0.05) is 11.8 Å². The lowest BCUT2D eigenvalue weighted by Crippen LogP contribution is -2.64. The highest BCUT2D eigenvalue weighted by Crippen LogP contribution is 2.47. The molecule has 1 fully saturated rings. The van der Waals surface area contributed by atoms with Crippen molar-refractivity contribution in [1.29, 1.82) is 0 Å². The molecule has 1 atom stereocenters. The SMILES string of the molecule is CSC1=N[C@](O)(C(F)(F)F)CC2(CCC2)N1. The minimum absolute atomic E-state index is 0.172. The number of halogens is 3. The maximum atomic E-state index is 12.7. The molecule has 7 heteroatoms. The summed E-state index contributed by atoms with van der Waals surface area (Å²) in [5.74, 6) is 0. The van der Waals surface area contributed by atoms with E-state index in [1.807, 2.05) is 0 Å². The maximum absolute atomic E-state index is 12.7. The highest BCUT2D eigenvalue weighted by Gasteiger charge is 2.61. The van der Waals surface area contributed by atoms with Gasteiger partial charge in [0.2, 0.25) is 0 Å². The van der Waals surface area contributed by atoms with Gasteiger partial charge < -0.3 is 10.4 Å². The number of hydrogen-bond acceptors (Lipinski definition) is 4. The average Bonchev–Trinajstić information content (AvgIpc) is 2.13. The highest BCUT2D eigenvalue weighted by molar-refractivity contribution is 8.13. The van der Waals surface area contributed by atoms with Crippen molar-refractivity contribution >= 4 is 16.9 Å². The van der Waals surface area contributed by atoms with Crippen molar-refractivity contribution in [1.82, 2.24) is 5.32 Å². The van der Waals surface area contributed by atoms with Gasteiger partial charge in [-0.25, -0.2) is 4.99 Å². The summed E-state index contributed by atoms with van der Waals surface area (Å²) in [7, 11) is 0. The van der Waals surface area contributed by atoms with Crippen LogP contribution in [0.3, 0.4) is 0 Å². The Morgan fingerprint density at radius 2 is 2.06 bits per heavy atom. The molecule has 0 amide bonds. The molecule has 0 bridgehead atoms. The molecule has 1 heterocycles. The standard InChI is InChI=1S/C9H13F3N2OS/c1-16-6-13-7(3-2-4-7)5-8(15,14-6)9(10,11)12/h15H,2-5H2,1H3,(H,13,14)/t8-/m1/s1. The molecular formula is C9H13F3N2OS. The van der Waals surface area contributed by atoms with E-state index in [-0.39, 0.29) is 11.6 Å². The molecule has 1 spiro atoms. The molecule has 1 aliphatic carbocycles. The van der Waals surface area contributed by atoms with E-state index in [9.17, 15) is 18.3 Å². The maximum Gasteiger partial charge on any atom is 0.438 e. The predicted molar refractivity (Wildman–Crippen MR) is 56.3 cm³/mol. The summed E-state index contributed by atoms with van der Waals surface area (Å²) in [5, 5.41) is 12.8. The van der Waals surface area contributed by atoms with E-state index < -0.39 is 17.4 Å². The summed E-state index contributed by atoms with van der Waals surface area (Å²) in [6.07, 6.45) is -1.24. The third-order valence-corrected chi connectivity index (χ3v) is 3.78. The smallest absolute Gasteiger partial charge is 0.362 e. The first kappa shape index (κ1) is 12.0. The lowest BCUT2D eigenvalue weighted by Gasteiger charge is -2.49. The molecule has 0 saturated heterocycles. The van der Waals surface area contributed by atoms with Crippen LogP contribution in [0.1, 0.15) is 25.7 Å². The zero-order valence-corrected chi connectivity index (χ0v) is 9.58. The second-order valence-electron chi connectivity index (χ2n) is 4.37. The van der Waals surface area contributed by atoms with Gasteiger partial charge in [0, 0.05) is 12.0 Å². The van der Waals surface area contributed by atoms with E-state index in [0.29, 0.717) is 12.8 Å². The monoisotopic (exact) mass is 254 g/mol. The first-order chi connectivity index (χ1) is 7.30. The number of aliphatic imine (C=N–C) groups is 1. The van der Waals surface area contributed by atoms with E-state index in [1.165, 1.54) is 0 Å². The highest BCUT2D eigenvalue weighted by atomic mass is 32.2. The van der Waals surface area contributed by atoms with Crippen LogP contribution in [0.15, 0.2) is 4.99 Å². The summed E-state index contributed by atoms with van der Waals surface area (Å²) in [6.45, 7) is 0. The Kier molecular flexibility index (Phi) is 2.66. The van der Waals surface area contributed by atoms with E-state index in [0.717, 1.165) is 18.2 Å². The molecule has 0 aromatic heterocycles. The molecular weight excluding hydrogens is 241 g/mol. The molecule has 0 radical (unpaired) electrons. The molecule has 0 aromatic carbocycles. The van der Waals surface area contributed by atoms with Gasteiger partial charge in [-0.2, -0.15) is 13.2 Å². The zero-order chi connectivity index (χ0) is 12.0. The first-order valence-electron chi connectivity index (χ1n) is 5.01. The van der Waals surface area contributed by atoms with Gasteiger partial charge in [-0.05, 0) is 25.5 Å². The molecule has 3 nitrogen and oxygen atoms in total. The summed E-state index contributed by atoms with van der Waals surface area (Å²) in [6, 6.07) is 0. The van der Waals surface area contributed by atoms with Gasteiger partial charge in [0.15, 0.2) is 5.17 Å². The van der Waals surface area contributed by atoms with Crippen molar-refractivity contribution in [2.24, 2.45) is 4.99 Å². The van der Waals surface area contributed by atoms with Crippen molar-refractivity contribution in [3.05, 3.63) is 0 Å². The second-order valence-corrected chi connectivity index (χ2v) is 5.17. The Morgan fingerprint density at radius 1 is 1.44 bits per heavy atom. The number of nitrogens with zero attached hydrogens (tertiary/aromatic N) is 1. The number of hydrogen-bond donors (Lipinski definition) is 2. The van der Waals surface area contributed by atoms with Crippen LogP contribution in [0, 0.1) is 0 Å². The Balaban J connectivity index is 2.32. The molecule has 2 aliphatic rings. The van der Waals surface area contributed by atoms with Gasteiger partial charge in [-0.3, -0.25) is 0 Å². The third-order valence-electron chi connectivity index (χ3n) is 3.20. The van der Waals surface area contributed by atoms with Crippen LogP contribution in [-0.2, 0) is 0 Å². The Morgan fingerprint density at radius 3 is 2.44 bits per heavy atom. The van der Waals surface area contributed by atoms with E-state index in [4.69, 9.17) is 0 Å². The van der Waals surface area contributed by atoms with Crippen LogP contribution in [0.25, 0.3) is 0 Å². The van der Waals surface area contributed by atoms with E-state index >= 15 is 0 Å². The minimum Gasteiger partial charge on any atom is -0.362 e. The molecule has 2 rings (SSSR count). The molecule has 1 aliphatic heterocycles. The van der Waals surface area contributed by atoms with E-state index in [2.05, 4.69) is 10.3 Å². The number of amidine groups is 1. The molecule has 16 heavy (non-hydrogen) atoms. The Hall–Kier alpha value is -0.430. The van der Waals surface area contributed by atoms with Crippen LogP contribution >= 0.6 is 11.8 Å². The molecule has 2 N–H and O–H groups in total. The summed E-state index contributed by atoms with van der Waals surface area (Å²) < 4.78 is 38.2. The van der Waals surface area contributed by atoms with Crippen molar-refractivity contribution in [2.75, 3.05) is 6.26 Å². The third kappa shape index (κ3) is 1.79. The minimum atomic E-state index is -4.71. The van der Waals surface area contributed by atoms with Crippen LogP contribution < -0.4 is 5.32 Å². The lowest BCUT2D eigenvalue weighted by molar-refractivity contribution is -0.268. The quantitative estimate of drug-likeness (QED) is 0.693.